The summed E-state index contributed by atoms with van der Waals surface area (Å²) in [6.07, 6.45) is 4.33. The van der Waals surface area contributed by atoms with Gasteiger partial charge in [0.25, 0.3) is 5.91 Å². The smallest absolute Gasteiger partial charge is 0.272 e. The maximum absolute atomic E-state index is 13.2. The monoisotopic (exact) mass is 425 g/mol. The van der Waals surface area contributed by atoms with Gasteiger partial charge in [-0.25, -0.2) is 9.97 Å². The van der Waals surface area contributed by atoms with Crippen molar-refractivity contribution >= 4 is 17.4 Å². The van der Waals surface area contributed by atoms with E-state index in [9.17, 15) is 4.79 Å². The minimum atomic E-state index is -0.0321. The summed E-state index contributed by atoms with van der Waals surface area (Å²) in [4.78, 5) is 23.7. The Labute approximate surface area is 183 Å². The topological polar surface area (TPSA) is 88.6 Å². The van der Waals surface area contributed by atoms with E-state index in [1.54, 1.807) is 7.11 Å². The van der Waals surface area contributed by atoms with E-state index in [-0.39, 0.29) is 12.0 Å². The van der Waals surface area contributed by atoms with Gasteiger partial charge in [-0.15, -0.1) is 0 Å². The third kappa shape index (κ3) is 5.20. The predicted molar refractivity (Wildman–Crippen MR) is 119 cm³/mol. The van der Waals surface area contributed by atoms with Crippen molar-refractivity contribution in [1.29, 1.82) is 0 Å². The number of piperidine rings is 1. The van der Waals surface area contributed by atoms with Crippen molar-refractivity contribution in [2.75, 3.05) is 38.7 Å². The van der Waals surface area contributed by atoms with Gasteiger partial charge < -0.3 is 25.0 Å². The number of carbonyl (C=O) groups excluding carboxylic acids is 1. The molecule has 2 N–H and O–H groups in total. The third-order valence-corrected chi connectivity index (χ3v) is 6.16. The second-order valence-electron chi connectivity index (χ2n) is 8.16. The van der Waals surface area contributed by atoms with Crippen molar-refractivity contribution in [3.8, 4) is 0 Å². The number of para-hydroxylation sites is 1. The molecule has 4 rings (SSSR count). The van der Waals surface area contributed by atoms with Crippen LogP contribution in [0.4, 0.5) is 11.5 Å². The van der Waals surface area contributed by atoms with Crippen LogP contribution in [0.3, 0.4) is 0 Å². The molecule has 0 spiro atoms. The highest BCUT2D eigenvalue weighted by atomic mass is 16.5. The molecule has 2 aliphatic heterocycles. The van der Waals surface area contributed by atoms with Crippen LogP contribution in [0.2, 0.25) is 0 Å². The molecule has 3 heterocycles. The summed E-state index contributed by atoms with van der Waals surface area (Å²) in [5.41, 5.74) is 2.16. The lowest BCUT2D eigenvalue weighted by molar-refractivity contribution is -0.0533. The van der Waals surface area contributed by atoms with E-state index in [1.807, 2.05) is 42.2 Å². The van der Waals surface area contributed by atoms with Crippen LogP contribution >= 0.6 is 0 Å². The summed E-state index contributed by atoms with van der Waals surface area (Å²) >= 11 is 0. The molecular weight excluding hydrogens is 394 g/mol. The van der Waals surface area contributed by atoms with Gasteiger partial charge in [0.1, 0.15) is 17.8 Å². The number of nitrogens with one attached hydrogen (secondary N) is 2. The van der Waals surface area contributed by atoms with Gasteiger partial charge in [-0.05, 0) is 38.3 Å². The number of carbonyl (C=O) groups is 1. The fourth-order valence-electron chi connectivity index (χ4n) is 4.29. The first-order valence-electron chi connectivity index (χ1n) is 10.9. The minimum absolute atomic E-state index is 0.0321. The molecule has 2 fully saturated rings. The Morgan fingerprint density at radius 1 is 1.16 bits per heavy atom. The Morgan fingerprint density at radius 2 is 1.94 bits per heavy atom. The number of amides is 1. The minimum Gasteiger partial charge on any atom is -0.379 e. The fourth-order valence-corrected chi connectivity index (χ4v) is 4.29. The Kier molecular flexibility index (Phi) is 7.11. The molecule has 0 aliphatic carbocycles. The molecule has 1 aromatic heterocycles. The van der Waals surface area contributed by atoms with E-state index < -0.39 is 0 Å². The van der Waals surface area contributed by atoms with Crippen LogP contribution in [0.25, 0.3) is 0 Å². The van der Waals surface area contributed by atoms with Gasteiger partial charge in [0, 0.05) is 50.1 Å². The first-order chi connectivity index (χ1) is 15.2. The standard InChI is InChI=1S/C23H31N5O3/c1-16-21(24-15-25-22(16)27-17-6-4-3-5-7-17)23(29)28-11-8-18(9-12-28)26-19-10-13-31-14-20(19)30-2/h3-7,15,18-20,26H,8-14H2,1-2H3,(H,24,25,27). The number of nitrogens with zero attached hydrogens (tertiary/aromatic N) is 3. The molecule has 31 heavy (non-hydrogen) atoms. The maximum atomic E-state index is 13.2. The SMILES string of the molecule is COC1COCCC1NC1CCN(C(=O)c2ncnc(Nc3ccccc3)c2C)CC1. The van der Waals surface area contributed by atoms with Gasteiger partial charge in [0.05, 0.1) is 12.7 Å². The highest BCUT2D eigenvalue weighted by Crippen LogP contribution is 2.22. The van der Waals surface area contributed by atoms with Crippen LogP contribution in [-0.4, -0.2) is 72.4 Å². The first-order valence-corrected chi connectivity index (χ1v) is 10.9. The second-order valence-corrected chi connectivity index (χ2v) is 8.16. The molecule has 2 atom stereocenters. The Balaban J connectivity index is 1.36. The van der Waals surface area contributed by atoms with Gasteiger partial charge in [-0.1, -0.05) is 18.2 Å². The van der Waals surface area contributed by atoms with Crippen LogP contribution in [0.15, 0.2) is 36.7 Å². The largest absolute Gasteiger partial charge is 0.379 e. The van der Waals surface area contributed by atoms with E-state index in [0.717, 1.165) is 37.1 Å². The van der Waals surface area contributed by atoms with E-state index >= 15 is 0 Å². The number of hydrogen-bond acceptors (Lipinski definition) is 7. The zero-order chi connectivity index (χ0) is 21.6. The summed E-state index contributed by atoms with van der Waals surface area (Å²) in [6, 6.07) is 10.5. The molecule has 8 heteroatoms. The lowest BCUT2D eigenvalue weighted by Crippen LogP contribution is -2.54. The number of rotatable bonds is 6. The van der Waals surface area contributed by atoms with Crippen LogP contribution in [0.1, 0.15) is 35.3 Å². The Hall–Kier alpha value is -2.55. The first kappa shape index (κ1) is 21.7. The van der Waals surface area contributed by atoms with Crippen molar-refractivity contribution in [2.45, 2.75) is 44.4 Å². The van der Waals surface area contributed by atoms with Crippen LogP contribution in [0.5, 0.6) is 0 Å². The molecule has 1 amide bonds. The number of benzene rings is 1. The summed E-state index contributed by atoms with van der Waals surface area (Å²) in [7, 11) is 1.74. The molecule has 2 aromatic rings. The van der Waals surface area contributed by atoms with Gasteiger partial charge in [-0.2, -0.15) is 0 Å². The van der Waals surface area contributed by atoms with E-state index in [0.29, 0.717) is 43.3 Å². The average molecular weight is 426 g/mol. The molecule has 166 valence electrons. The number of aromatic nitrogens is 2. The van der Waals surface area contributed by atoms with Crippen LogP contribution in [-0.2, 0) is 9.47 Å². The number of ether oxygens (including phenoxy) is 2. The molecular formula is C23H31N5O3. The van der Waals surface area contributed by atoms with Gasteiger partial charge in [0.2, 0.25) is 0 Å². The summed E-state index contributed by atoms with van der Waals surface area (Å²) in [5, 5.41) is 7.01. The van der Waals surface area contributed by atoms with Crippen LogP contribution in [0, 0.1) is 6.92 Å². The molecule has 0 saturated carbocycles. The van der Waals surface area contributed by atoms with E-state index in [2.05, 4.69) is 20.6 Å². The quantitative estimate of drug-likeness (QED) is 0.735. The van der Waals surface area contributed by atoms with Gasteiger partial charge in [-0.3, -0.25) is 4.79 Å². The van der Waals surface area contributed by atoms with Gasteiger partial charge >= 0.3 is 0 Å². The maximum Gasteiger partial charge on any atom is 0.272 e. The molecule has 1 aromatic carbocycles. The van der Waals surface area contributed by atoms with Gasteiger partial charge in [0.15, 0.2) is 0 Å². The zero-order valence-corrected chi connectivity index (χ0v) is 18.2. The lowest BCUT2D eigenvalue weighted by Gasteiger charge is -2.38. The Bertz CT molecular complexity index is 871. The van der Waals surface area contributed by atoms with Crippen molar-refractivity contribution in [3.05, 3.63) is 47.9 Å². The van der Waals surface area contributed by atoms with Crippen molar-refractivity contribution in [1.82, 2.24) is 20.2 Å². The highest BCUT2D eigenvalue weighted by Gasteiger charge is 2.31. The molecule has 0 radical (unpaired) electrons. The van der Waals surface area contributed by atoms with Crippen molar-refractivity contribution in [3.63, 3.8) is 0 Å². The summed E-state index contributed by atoms with van der Waals surface area (Å²) < 4.78 is 11.1. The average Bonchev–Trinajstić information content (AvgIpc) is 2.81. The number of anilines is 2. The molecule has 2 unspecified atom stereocenters. The number of hydrogen-bond donors (Lipinski definition) is 2. The predicted octanol–water partition coefficient (Wildman–Crippen LogP) is 2.53. The molecule has 0 bridgehead atoms. The van der Waals surface area contributed by atoms with Crippen molar-refractivity contribution in [2.24, 2.45) is 0 Å². The normalized spacial score (nSPS) is 22.3. The Morgan fingerprint density at radius 3 is 2.68 bits per heavy atom. The summed E-state index contributed by atoms with van der Waals surface area (Å²) in [5.74, 6) is 0.626. The second kappa shape index (κ2) is 10.2. The number of likely N-dealkylation sites (tertiary alicyclic amines) is 1. The summed E-state index contributed by atoms with van der Waals surface area (Å²) in [6.45, 7) is 4.71. The number of methoxy groups -OCH3 is 1. The van der Waals surface area contributed by atoms with Crippen molar-refractivity contribution < 1.29 is 14.3 Å². The van der Waals surface area contributed by atoms with E-state index in [1.165, 1.54) is 6.33 Å². The van der Waals surface area contributed by atoms with Crippen LogP contribution < -0.4 is 10.6 Å². The highest BCUT2D eigenvalue weighted by molar-refractivity contribution is 5.95. The molecule has 2 aliphatic rings. The molecule has 2 saturated heterocycles. The van der Waals surface area contributed by atoms with E-state index in [4.69, 9.17) is 9.47 Å². The third-order valence-electron chi connectivity index (χ3n) is 6.16. The lowest BCUT2D eigenvalue weighted by atomic mass is 9.99. The fraction of sp³-hybridized carbons (Fsp3) is 0.522. The molecule has 8 nitrogen and oxygen atoms in total. The zero-order valence-electron chi connectivity index (χ0n) is 18.2.